The third-order valence-corrected chi connectivity index (χ3v) is 4.59. The first-order valence-corrected chi connectivity index (χ1v) is 8.70. The molecule has 0 aliphatic carbocycles. The number of benzene rings is 2. The molecule has 0 saturated heterocycles. The molecule has 3 heterocycles. The van der Waals surface area contributed by atoms with Crippen LogP contribution in [0.2, 0.25) is 0 Å². The second-order valence-corrected chi connectivity index (χ2v) is 6.27. The fourth-order valence-electron chi connectivity index (χ4n) is 3.32. The molecule has 0 radical (unpaired) electrons. The number of para-hydroxylation sites is 1. The number of hydrogen-bond acceptors (Lipinski definition) is 5. The zero-order valence-corrected chi connectivity index (χ0v) is 14.7. The second-order valence-electron chi connectivity index (χ2n) is 6.27. The predicted octanol–water partition coefficient (Wildman–Crippen LogP) is 4.29. The standard InChI is InChI=1S/C22H14N6/c1-2-14-5-3-6-15(11-14)26-22-17-9-10-23-12-19(17)16-7-4-8-18(20(16)27-22)21-24-13-25-28-21/h1,3-13H,(H,26,27)(H,24,25,28). The van der Waals surface area contributed by atoms with Crippen molar-refractivity contribution in [2.24, 2.45) is 0 Å². The molecule has 0 fully saturated rings. The van der Waals surface area contributed by atoms with Gasteiger partial charge in [-0.15, -0.1) is 16.6 Å². The molecule has 2 N–H and O–H groups in total. The highest BCUT2D eigenvalue weighted by Gasteiger charge is 2.14. The summed E-state index contributed by atoms with van der Waals surface area (Å²) in [7, 11) is 0. The van der Waals surface area contributed by atoms with Crippen molar-refractivity contribution in [1.82, 2.24) is 25.1 Å². The highest BCUT2D eigenvalue weighted by molar-refractivity contribution is 6.13. The van der Waals surface area contributed by atoms with Gasteiger partial charge >= 0.3 is 0 Å². The molecule has 0 bridgehead atoms. The first kappa shape index (κ1) is 16.0. The van der Waals surface area contributed by atoms with E-state index in [2.05, 4.69) is 31.4 Å². The molecule has 0 unspecified atom stereocenters. The number of terminal acetylenes is 1. The Kier molecular flexibility index (Phi) is 3.70. The number of fused-ring (bicyclic) bond motifs is 3. The monoisotopic (exact) mass is 362 g/mol. The van der Waals surface area contributed by atoms with Crippen LogP contribution in [0.25, 0.3) is 33.1 Å². The van der Waals surface area contributed by atoms with E-state index in [1.807, 2.05) is 54.7 Å². The van der Waals surface area contributed by atoms with E-state index in [-0.39, 0.29) is 0 Å². The molecule has 2 aromatic carbocycles. The lowest BCUT2D eigenvalue weighted by molar-refractivity contribution is 1.10. The number of hydrogen-bond donors (Lipinski definition) is 2. The summed E-state index contributed by atoms with van der Waals surface area (Å²) in [6.45, 7) is 0. The summed E-state index contributed by atoms with van der Waals surface area (Å²) < 4.78 is 0. The molecule has 6 heteroatoms. The van der Waals surface area contributed by atoms with Gasteiger partial charge in [0.1, 0.15) is 12.1 Å². The summed E-state index contributed by atoms with van der Waals surface area (Å²) in [5.74, 6) is 4.05. The molecule has 0 atom stereocenters. The van der Waals surface area contributed by atoms with Gasteiger partial charge in [-0.3, -0.25) is 4.98 Å². The van der Waals surface area contributed by atoms with Gasteiger partial charge in [-0.25, -0.2) is 4.98 Å². The summed E-state index contributed by atoms with van der Waals surface area (Å²) in [5, 5.41) is 14.4. The molecule has 0 saturated carbocycles. The minimum absolute atomic E-state index is 0.668. The number of H-pyrrole nitrogens is 1. The Bertz CT molecular complexity index is 1350. The predicted molar refractivity (Wildman–Crippen MR) is 110 cm³/mol. The van der Waals surface area contributed by atoms with Crippen LogP contribution in [0.1, 0.15) is 5.56 Å². The molecule has 132 valence electrons. The van der Waals surface area contributed by atoms with Gasteiger partial charge in [0.2, 0.25) is 0 Å². The van der Waals surface area contributed by atoms with Crippen LogP contribution in [-0.2, 0) is 0 Å². The zero-order valence-electron chi connectivity index (χ0n) is 14.7. The van der Waals surface area contributed by atoms with E-state index in [1.54, 1.807) is 12.5 Å². The minimum atomic E-state index is 0.668. The number of nitrogens with one attached hydrogen (secondary N) is 2. The van der Waals surface area contributed by atoms with Gasteiger partial charge in [-0.2, -0.15) is 0 Å². The average molecular weight is 362 g/mol. The van der Waals surface area contributed by atoms with Crippen molar-refractivity contribution < 1.29 is 0 Å². The van der Waals surface area contributed by atoms with Crippen molar-refractivity contribution in [2.45, 2.75) is 0 Å². The Labute approximate surface area is 160 Å². The number of nitrogens with zero attached hydrogens (tertiary/aromatic N) is 4. The summed E-state index contributed by atoms with van der Waals surface area (Å²) in [6.07, 6.45) is 10.7. The number of aromatic nitrogens is 5. The molecule has 28 heavy (non-hydrogen) atoms. The second kappa shape index (κ2) is 6.49. The molecule has 0 spiro atoms. The molecular weight excluding hydrogens is 348 g/mol. The lowest BCUT2D eigenvalue weighted by Crippen LogP contribution is -1.98. The number of pyridine rings is 2. The lowest BCUT2D eigenvalue weighted by Gasteiger charge is -2.13. The van der Waals surface area contributed by atoms with Crippen molar-refractivity contribution in [2.75, 3.05) is 5.32 Å². The molecule has 5 rings (SSSR count). The summed E-state index contributed by atoms with van der Waals surface area (Å²) in [6, 6.07) is 15.6. The third kappa shape index (κ3) is 2.63. The van der Waals surface area contributed by atoms with Crippen molar-refractivity contribution in [3.8, 4) is 23.7 Å². The van der Waals surface area contributed by atoms with Crippen LogP contribution in [0.5, 0.6) is 0 Å². The maximum absolute atomic E-state index is 5.53. The van der Waals surface area contributed by atoms with Gasteiger partial charge in [-0.1, -0.05) is 24.1 Å². The third-order valence-electron chi connectivity index (χ3n) is 4.59. The smallest absolute Gasteiger partial charge is 0.163 e. The van der Waals surface area contributed by atoms with E-state index in [0.29, 0.717) is 5.82 Å². The van der Waals surface area contributed by atoms with Crippen LogP contribution in [0.15, 0.2) is 67.3 Å². The summed E-state index contributed by atoms with van der Waals surface area (Å²) in [4.78, 5) is 12.3. The SMILES string of the molecule is C#Cc1cccc(Nc2nc3c(-c4nnc[nH]4)cccc3c3cnccc23)c1. The zero-order chi connectivity index (χ0) is 18.9. The largest absolute Gasteiger partial charge is 0.340 e. The van der Waals surface area contributed by atoms with Gasteiger partial charge in [0.15, 0.2) is 5.82 Å². The van der Waals surface area contributed by atoms with Gasteiger partial charge in [0.05, 0.1) is 5.52 Å². The molecule has 0 aliphatic heterocycles. The van der Waals surface area contributed by atoms with Crippen LogP contribution in [0.4, 0.5) is 11.5 Å². The first-order valence-electron chi connectivity index (χ1n) is 8.70. The van der Waals surface area contributed by atoms with Crippen LogP contribution in [0, 0.1) is 12.3 Å². The van der Waals surface area contributed by atoms with Crippen LogP contribution >= 0.6 is 0 Å². The number of aromatic amines is 1. The fourth-order valence-corrected chi connectivity index (χ4v) is 3.32. The van der Waals surface area contributed by atoms with E-state index >= 15 is 0 Å². The molecule has 3 aromatic heterocycles. The van der Waals surface area contributed by atoms with Crippen molar-refractivity contribution in [1.29, 1.82) is 0 Å². The number of anilines is 2. The van der Waals surface area contributed by atoms with Gasteiger partial charge in [0, 0.05) is 45.4 Å². The molecule has 5 aromatic rings. The minimum Gasteiger partial charge on any atom is -0.340 e. The van der Waals surface area contributed by atoms with Crippen molar-refractivity contribution >= 4 is 33.2 Å². The van der Waals surface area contributed by atoms with Crippen LogP contribution in [0.3, 0.4) is 0 Å². The first-order chi connectivity index (χ1) is 13.8. The summed E-state index contributed by atoms with van der Waals surface area (Å²) >= 11 is 0. The van der Waals surface area contributed by atoms with E-state index in [9.17, 15) is 0 Å². The van der Waals surface area contributed by atoms with Gasteiger partial charge in [-0.05, 0) is 30.3 Å². The topological polar surface area (TPSA) is 79.4 Å². The van der Waals surface area contributed by atoms with E-state index in [0.717, 1.165) is 44.3 Å². The highest BCUT2D eigenvalue weighted by atomic mass is 15.2. The lowest BCUT2D eigenvalue weighted by atomic mass is 10.0. The Hall–Kier alpha value is -4.24. The Morgan fingerprint density at radius 3 is 2.79 bits per heavy atom. The maximum Gasteiger partial charge on any atom is 0.163 e. The average Bonchev–Trinajstić information content (AvgIpc) is 3.28. The normalized spacial score (nSPS) is 10.8. The maximum atomic E-state index is 5.53. The Morgan fingerprint density at radius 1 is 1.00 bits per heavy atom. The Balaban J connectivity index is 1.78. The van der Waals surface area contributed by atoms with E-state index < -0.39 is 0 Å². The van der Waals surface area contributed by atoms with Gasteiger partial charge in [0.25, 0.3) is 0 Å². The summed E-state index contributed by atoms with van der Waals surface area (Å²) in [5.41, 5.74) is 3.37. The molecule has 0 amide bonds. The molecular formula is C22H14N6. The highest BCUT2D eigenvalue weighted by Crippen LogP contribution is 2.34. The van der Waals surface area contributed by atoms with Crippen LogP contribution < -0.4 is 5.32 Å². The van der Waals surface area contributed by atoms with Gasteiger partial charge < -0.3 is 10.3 Å². The van der Waals surface area contributed by atoms with Crippen molar-refractivity contribution in [3.05, 3.63) is 72.8 Å². The Morgan fingerprint density at radius 2 is 1.93 bits per heavy atom. The quantitative estimate of drug-likeness (QED) is 0.370. The van der Waals surface area contributed by atoms with Crippen molar-refractivity contribution in [3.63, 3.8) is 0 Å². The number of rotatable bonds is 3. The van der Waals surface area contributed by atoms with Crippen LogP contribution in [-0.4, -0.2) is 25.1 Å². The van der Waals surface area contributed by atoms with E-state index in [1.165, 1.54) is 0 Å². The molecule has 0 aliphatic rings. The molecule has 6 nitrogen and oxygen atoms in total. The van der Waals surface area contributed by atoms with E-state index in [4.69, 9.17) is 11.4 Å². The fraction of sp³-hybridized carbons (Fsp3) is 0.